The van der Waals surface area contributed by atoms with Crippen molar-refractivity contribution in [1.29, 1.82) is 0 Å². The van der Waals surface area contributed by atoms with Gasteiger partial charge in [-0.1, -0.05) is 11.6 Å². The van der Waals surface area contributed by atoms with E-state index >= 15 is 0 Å². The second-order valence-electron chi connectivity index (χ2n) is 4.34. The number of hydrogen-bond donors (Lipinski definition) is 2. The Bertz CT molecular complexity index is 745. The van der Waals surface area contributed by atoms with Crippen LogP contribution in [0.1, 0.15) is 15.9 Å². The second kappa shape index (κ2) is 6.46. The van der Waals surface area contributed by atoms with Crippen LogP contribution in [0.15, 0.2) is 28.7 Å². The van der Waals surface area contributed by atoms with E-state index in [9.17, 15) is 15.0 Å². The van der Waals surface area contributed by atoms with Crippen molar-refractivity contribution < 1.29 is 24.5 Å². The second-order valence-corrected chi connectivity index (χ2v) is 5.60. The number of phenols is 2. The molecule has 2 aromatic rings. The summed E-state index contributed by atoms with van der Waals surface area (Å²) in [5, 5.41) is 19.3. The van der Waals surface area contributed by atoms with Crippen LogP contribution in [0.3, 0.4) is 0 Å². The van der Waals surface area contributed by atoms with Crippen molar-refractivity contribution in [3.63, 3.8) is 0 Å². The van der Waals surface area contributed by atoms with Gasteiger partial charge in [0.15, 0.2) is 17.3 Å². The molecule has 0 heterocycles. The molecule has 0 unspecified atom stereocenters. The molecule has 0 saturated carbocycles. The number of phenolic OH excluding ortho intramolecular Hbond substituents is 2. The van der Waals surface area contributed by atoms with Crippen molar-refractivity contribution in [3.05, 3.63) is 44.9 Å². The summed E-state index contributed by atoms with van der Waals surface area (Å²) < 4.78 is 10.8. The third kappa shape index (κ3) is 2.98. The van der Waals surface area contributed by atoms with E-state index in [-0.39, 0.29) is 27.6 Å². The molecule has 22 heavy (non-hydrogen) atoms. The van der Waals surface area contributed by atoms with Gasteiger partial charge in [0.05, 0.1) is 24.8 Å². The number of hydrogen-bond acceptors (Lipinski definition) is 5. The highest BCUT2D eigenvalue weighted by molar-refractivity contribution is 9.10. The van der Waals surface area contributed by atoms with E-state index in [0.717, 1.165) is 6.07 Å². The largest absolute Gasteiger partial charge is 0.507 e. The number of methoxy groups -OCH3 is 2. The van der Waals surface area contributed by atoms with Crippen molar-refractivity contribution in [2.24, 2.45) is 0 Å². The predicted molar refractivity (Wildman–Crippen MR) is 85.5 cm³/mol. The standard InChI is InChI=1S/C15H12BrClO5/c1-21-13-4-7(9(16)5-14(13)22-2)15(20)8-3-10(17)12(19)6-11(8)18/h3-6,18-19H,1-2H3. The molecule has 2 N–H and O–H groups in total. The molecule has 0 aromatic heterocycles. The lowest BCUT2D eigenvalue weighted by molar-refractivity contribution is 0.103. The predicted octanol–water partition coefficient (Wildman–Crippen LogP) is 3.76. The third-order valence-corrected chi connectivity index (χ3v) is 3.99. The van der Waals surface area contributed by atoms with Gasteiger partial charge in [0.25, 0.3) is 0 Å². The smallest absolute Gasteiger partial charge is 0.198 e. The lowest BCUT2D eigenvalue weighted by Crippen LogP contribution is -2.04. The van der Waals surface area contributed by atoms with Crippen molar-refractivity contribution in [2.75, 3.05) is 14.2 Å². The van der Waals surface area contributed by atoms with Gasteiger partial charge in [0, 0.05) is 16.1 Å². The van der Waals surface area contributed by atoms with E-state index in [1.807, 2.05) is 0 Å². The minimum Gasteiger partial charge on any atom is -0.507 e. The number of aromatic hydroxyl groups is 2. The topological polar surface area (TPSA) is 76.0 Å². The Labute approximate surface area is 140 Å². The first kappa shape index (κ1) is 16.5. The number of carbonyl (C=O) groups excluding carboxylic acids is 1. The molecule has 0 aliphatic heterocycles. The average molecular weight is 388 g/mol. The van der Waals surface area contributed by atoms with Crippen LogP contribution < -0.4 is 9.47 Å². The molecule has 0 spiro atoms. The fourth-order valence-electron chi connectivity index (χ4n) is 1.91. The van der Waals surface area contributed by atoms with Gasteiger partial charge in [-0.3, -0.25) is 4.79 Å². The monoisotopic (exact) mass is 386 g/mol. The summed E-state index contributed by atoms with van der Waals surface area (Å²) in [5.41, 5.74) is 0.227. The Morgan fingerprint density at radius 1 is 1.00 bits per heavy atom. The Kier molecular flexibility index (Phi) is 4.83. The van der Waals surface area contributed by atoms with E-state index < -0.39 is 5.78 Å². The summed E-state index contributed by atoms with van der Waals surface area (Å²) in [6.07, 6.45) is 0. The van der Waals surface area contributed by atoms with Crippen LogP contribution in [-0.4, -0.2) is 30.2 Å². The summed E-state index contributed by atoms with van der Waals surface area (Å²) in [6, 6.07) is 5.30. The normalized spacial score (nSPS) is 10.4. The zero-order valence-electron chi connectivity index (χ0n) is 11.7. The molecule has 0 fully saturated rings. The maximum atomic E-state index is 12.6. The lowest BCUT2D eigenvalue weighted by Gasteiger charge is -2.12. The molecule has 0 radical (unpaired) electrons. The first-order valence-electron chi connectivity index (χ1n) is 6.06. The summed E-state index contributed by atoms with van der Waals surface area (Å²) in [6.45, 7) is 0. The number of halogens is 2. The molecule has 0 bridgehead atoms. The van der Waals surface area contributed by atoms with E-state index in [1.54, 1.807) is 6.07 Å². The first-order valence-corrected chi connectivity index (χ1v) is 7.23. The van der Waals surface area contributed by atoms with Gasteiger partial charge >= 0.3 is 0 Å². The number of rotatable bonds is 4. The van der Waals surface area contributed by atoms with Gasteiger partial charge in [-0.05, 0) is 34.1 Å². The zero-order chi connectivity index (χ0) is 16.4. The summed E-state index contributed by atoms with van der Waals surface area (Å²) in [7, 11) is 2.94. The van der Waals surface area contributed by atoms with Gasteiger partial charge in [-0.2, -0.15) is 0 Å². The maximum Gasteiger partial charge on any atom is 0.198 e. The van der Waals surface area contributed by atoms with Crippen molar-refractivity contribution in [2.45, 2.75) is 0 Å². The quantitative estimate of drug-likeness (QED) is 0.781. The Hall–Kier alpha value is -1.92. The number of benzene rings is 2. The molecule has 2 aromatic carbocycles. The highest BCUT2D eigenvalue weighted by Gasteiger charge is 2.21. The van der Waals surface area contributed by atoms with Crippen molar-refractivity contribution in [1.82, 2.24) is 0 Å². The fourth-order valence-corrected chi connectivity index (χ4v) is 2.57. The Balaban J connectivity index is 2.57. The van der Waals surface area contributed by atoms with Crippen LogP contribution in [0.4, 0.5) is 0 Å². The molecule has 0 aliphatic rings. The van der Waals surface area contributed by atoms with Crippen molar-refractivity contribution in [3.8, 4) is 23.0 Å². The number of carbonyl (C=O) groups is 1. The van der Waals surface area contributed by atoms with Gasteiger partial charge in [-0.15, -0.1) is 0 Å². The summed E-state index contributed by atoms with van der Waals surface area (Å²) in [4.78, 5) is 12.6. The molecule has 0 aliphatic carbocycles. The number of ether oxygens (including phenoxy) is 2. The van der Waals surface area contributed by atoms with E-state index in [4.69, 9.17) is 21.1 Å². The molecular weight excluding hydrogens is 376 g/mol. The van der Waals surface area contributed by atoms with Crippen LogP contribution >= 0.6 is 27.5 Å². The molecule has 5 nitrogen and oxygen atoms in total. The summed E-state index contributed by atoms with van der Waals surface area (Å²) >= 11 is 9.08. The Morgan fingerprint density at radius 3 is 2.18 bits per heavy atom. The third-order valence-electron chi connectivity index (χ3n) is 3.03. The maximum absolute atomic E-state index is 12.6. The minimum absolute atomic E-state index is 0.0299. The minimum atomic E-state index is -0.479. The van der Waals surface area contributed by atoms with E-state index in [1.165, 1.54) is 26.4 Å². The number of ketones is 1. The van der Waals surface area contributed by atoms with Crippen molar-refractivity contribution >= 4 is 33.3 Å². The molecular formula is C15H12BrClO5. The van der Waals surface area contributed by atoms with Gasteiger partial charge < -0.3 is 19.7 Å². The lowest BCUT2D eigenvalue weighted by atomic mass is 10.0. The molecule has 116 valence electrons. The van der Waals surface area contributed by atoms with Crippen LogP contribution in [-0.2, 0) is 0 Å². The first-order chi connectivity index (χ1) is 10.4. The Morgan fingerprint density at radius 2 is 1.59 bits per heavy atom. The van der Waals surface area contributed by atoms with Crippen LogP contribution in [0.2, 0.25) is 5.02 Å². The molecule has 2 rings (SSSR count). The highest BCUT2D eigenvalue weighted by Crippen LogP contribution is 2.37. The highest BCUT2D eigenvalue weighted by atomic mass is 79.9. The molecule has 0 amide bonds. The zero-order valence-corrected chi connectivity index (χ0v) is 14.0. The van der Waals surface area contributed by atoms with Crippen LogP contribution in [0.25, 0.3) is 0 Å². The molecule has 7 heteroatoms. The van der Waals surface area contributed by atoms with Gasteiger partial charge in [-0.25, -0.2) is 0 Å². The molecule has 0 saturated heterocycles. The van der Waals surface area contributed by atoms with Gasteiger partial charge in [0.1, 0.15) is 11.5 Å². The van der Waals surface area contributed by atoms with Crippen LogP contribution in [0.5, 0.6) is 23.0 Å². The summed E-state index contributed by atoms with van der Waals surface area (Å²) in [5.74, 6) is -0.319. The fraction of sp³-hybridized carbons (Fsp3) is 0.133. The average Bonchev–Trinajstić information content (AvgIpc) is 2.49. The molecule has 0 atom stereocenters. The van der Waals surface area contributed by atoms with Gasteiger partial charge in [0.2, 0.25) is 0 Å². The SMILES string of the molecule is COc1cc(Br)c(C(=O)c2cc(Cl)c(O)cc2O)cc1OC. The van der Waals surface area contributed by atoms with E-state index in [0.29, 0.717) is 16.0 Å². The van der Waals surface area contributed by atoms with Crippen LogP contribution in [0, 0.1) is 0 Å². The van der Waals surface area contributed by atoms with E-state index in [2.05, 4.69) is 15.9 Å².